The second kappa shape index (κ2) is 11.7. The highest BCUT2D eigenvalue weighted by Crippen LogP contribution is 2.24. The van der Waals surface area contributed by atoms with Crippen LogP contribution in [-0.2, 0) is 16.1 Å². The maximum absolute atomic E-state index is 12.7. The second-order valence-corrected chi connectivity index (χ2v) is 9.33. The highest BCUT2D eigenvalue weighted by atomic mass is 32.1. The molecule has 35 heavy (non-hydrogen) atoms. The van der Waals surface area contributed by atoms with Crippen LogP contribution in [0.25, 0.3) is 11.5 Å². The van der Waals surface area contributed by atoms with Gasteiger partial charge in [-0.3, -0.25) is 19.0 Å². The molecule has 0 saturated carbocycles. The van der Waals surface area contributed by atoms with Gasteiger partial charge in [0.2, 0.25) is 5.91 Å². The van der Waals surface area contributed by atoms with E-state index in [2.05, 4.69) is 22.1 Å². The molecular formula is C25H26N6O3S. The lowest BCUT2D eigenvalue weighted by molar-refractivity contribution is -0.125. The molecule has 9 nitrogen and oxygen atoms in total. The van der Waals surface area contributed by atoms with Crippen LogP contribution < -0.4 is 30.3 Å². The van der Waals surface area contributed by atoms with Crippen molar-refractivity contribution in [3.05, 3.63) is 55.6 Å². The molecule has 180 valence electrons. The van der Waals surface area contributed by atoms with Crippen molar-refractivity contribution in [2.24, 2.45) is 5.41 Å². The number of nitrogens with zero attached hydrogens (tertiary/aromatic N) is 4. The SMILES string of the molecule is CCn1c(=C=C(C#N)C(=O)NCC#N)sc(=C=CNc2cccc(N(C)C(=O)C(C)(C)C)c2)c1=O. The largest absolute Gasteiger partial charge is 0.355 e. The Morgan fingerprint density at radius 2 is 1.97 bits per heavy atom. The summed E-state index contributed by atoms with van der Waals surface area (Å²) in [7, 11) is 1.72. The van der Waals surface area contributed by atoms with Gasteiger partial charge in [-0.25, -0.2) is 0 Å². The van der Waals surface area contributed by atoms with E-state index in [0.717, 1.165) is 11.3 Å². The van der Waals surface area contributed by atoms with Crippen LogP contribution in [0.5, 0.6) is 0 Å². The van der Waals surface area contributed by atoms with Crippen molar-refractivity contribution in [1.82, 2.24) is 9.88 Å². The highest BCUT2D eigenvalue weighted by molar-refractivity contribution is 7.07. The van der Waals surface area contributed by atoms with Crippen molar-refractivity contribution >= 4 is 46.0 Å². The first-order valence-corrected chi connectivity index (χ1v) is 11.5. The number of rotatable bonds is 6. The van der Waals surface area contributed by atoms with Crippen LogP contribution >= 0.6 is 11.3 Å². The Balaban J connectivity index is 2.46. The molecule has 0 spiro atoms. The van der Waals surface area contributed by atoms with Gasteiger partial charge in [0.15, 0.2) is 5.57 Å². The Kier molecular flexibility index (Phi) is 8.99. The summed E-state index contributed by atoms with van der Waals surface area (Å²) < 4.78 is 1.93. The van der Waals surface area contributed by atoms with E-state index in [1.165, 1.54) is 10.8 Å². The summed E-state index contributed by atoms with van der Waals surface area (Å²) in [6.45, 7) is 7.39. The molecule has 10 heteroatoms. The predicted molar refractivity (Wildman–Crippen MR) is 136 cm³/mol. The number of nitrogens with one attached hydrogen (secondary N) is 2. The summed E-state index contributed by atoms with van der Waals surface area (Å²) in [5.74, 6) is -0.764. The number of benzene rings is 1. The Morgan fingerprint density at radius 3 is 2.57 bits per heavy atom. The molecule has 0 atom stereocenters. The Labute approximate surface area is 207 Å². The molecule has 1 aromatic carbocycles. The highest BCUT2D eigenvalue weighted by Gasteiger charge is 2.25. The monoisotopic (exact) mass is 490 g/mol. The van der Waals surface area contributed by atoms with Crippen LogP contribution in [0.4, 0.5) is 11.4 Å². The molecule has 1 heterocycles. The van der Waals surface area contributed by atoms with E-state index in [0.29, 0.717) is 22.6 Å². The van der Waals surface area contributed by atoms with Gasteiger partial charge in [-0.1, -0.05) is 49.6 Å². The zero-order valence-corrected chi connectivity index (χ0v) is 21.0. The first-order chi connectivity index (χ1) is 16.5. The van der Waals surface area contributed by atoms with Crippen molar-refractivity contribution in [3.8, 4) is 12.1 Å². The fraction of sp³-hybridized carbons (Fsp3) is 0.320. The Hall–Kier alpha value is -4.33. The minimum atomic E-state index is -0.741. The van der Waals surface area contributed by atoms with E-state index < -0.39 is 11.3 Å². The summed E-state index contributed by atoms with van der Waals surface area (Å²) in [5.41, 5.74) is 5.80. The first-order valence-electron chi connectivity index (χ1n) is 10.7. The van der Waals surface area contributed by atoms with Gasteiger partial charge in [0.25, 0.3) is 11.5 Å². The maximum Gasteiger partial charge on any atom is 0.277 e. The standard InChI is InChI=1S/C25H26N6O3S/c1-6-31-21(14-17(16-27)22(32)29-13-11-26)35-20(23(31)33)10-12-28-18-8-7-9-19(15-18)30(5)24(34)25(2,3)4/h7-9,12,15,28H,6,13H2,1-5H3,(H,29,32). The Bertz CT molecular complexity index is 1470. The zero-order chi connectivity index (χ0) is 26.2. The summed E-state index contributed by atoms with van der Waals surface area (Å²) in [4.78, 5) is 38.9. The number of amides is 2. The predicted octanol–water partition coefficient (Wildman–Crippen LogP) is 1.41. The maximum atomic E-state index is 12.7. The van der Waals surface area contributed by atoms with Gasteiger partial charge in [-0.05, 0) is 25.1 Å². The average molecular weight is 491 g/mol. The average Bonchev–Trinajstić information content (AvgIpc) is 3.13. The van der Waals surface area contributed by atoms with Crippen molar-refractivity contribution in [1.29, 1.82) is 10.5 Å². The van der Waals surface area contributed by atoms with Gasteiger partial charge >= 0.3 is 0 Å². The summed E-state index contributed by atoms with van der Waals surface area (Å²) in [6, 6.07) is 10.8. The third-order valence-electron chi connectivity index (χ3n) is 4.72. The van der Waals surface area contributed by atoms with Crippen LogP contribution in [-0.4, -0.2) is 30.0 Å². The first kappa shape index (κ1) is 26.9. The molecule has 0 bridgehead atoms. The number of carbonyl (C=O) groups is 2. The molecule has 2 N–H and O–H groups in total. The molecule has 2 aromatic rings. The molecule has 0 saturated heterocycles. The second-order valence-electron chi connectivity index (χ2n) is 8.34. The molecule has 0 aliphatic heterocycles. The van der Waals surface area contributed by atoms with E-state index in [9.17, 15) is 19.6 Å². The third kappa shape index (κ3) is 6.83. The number of hydrogen-bond donors (Lipinski definition) is 2. The van der Waals surface area contributed by atoms with Gasteiger partial charge in [0, 0.05) is 36.6 Å². The lowest BCUT2D eigenvalue weighted by atomic mass is 9.94. The normalized spacial score (nSPS) is 10.1. The van der Waals surface area contributed by atoms with Gasteiger partial charge in [0.05, 0.1) is 6.07 Å². The molecule has 2 amide bonds. The van der Waals surface area contributed by atoms with Crippen molar-refractivity contribution < 1.29 is 9.59 Å². The number of thiazole rings is 1. The van der Waals surface area contributed by atoms with E-state index in [-0.39, 0.29) is 28.1 Å². The molecule has 0 aliphatic carbocycles. The topological polar surface area (TPSA) is 131 Å². The number of carbonyl (C=O) groups excluding carboxylic acids is 2. The molecular weight excluding hydrogens is 464 g/mol. The zero-order valence-electron chi connectivity index (χ0n) is 20.2. The van der Waals surface area contributed by atoms with E-state index in [1.807, 2.05) is 45.0 Å². The van der Waals surface area contributed by atoms with Gasteiger partial charge in [-0.15, -0.1) is 0 Å². The smallest absolute Gasteiger partial charge is 0.277 e. The van der Waals surface area contributed by atoms with E-state index >= 15 is 0 Å². The fourth-order valence-electron chi connectivity index (χ4n) is 2.94. The molecule has 2 rings (SSSR count). The van der Waals surface area contributed by atoms with Gasteiger partial charge in [0.1, 0.15) is 21.8 Å². The third-order valence-corrected chi connectivity index (χ3v) is 5.73. The molecule has 0 radical (unpaired) electrons. The molecule has 0 fully saturated rings. The fourth-order valence-corrected chi connectivity index (χ4v) is 3.93. The number of hydrogen-bond acceptors (Lipinski definition) is 7. The van der Waals surface area contributed by atoms with E-state index in [1.54, 1.807) is 31.0 Å². The lowest BCUT2D eigenvalue weighted by Crippen LogP contribution is -2.36. The van der Waals surface area contributed by atoms with Gasteiger partial charge in [-0.2, -0.15) is 10.5 Å². The van der Waals surface area contributed by atoms with Crippen molar-refractivity contribution in [2.75, 3.05) is 23.8 Å². The van der Waals surface area contributed by atoms with E-state index in [4.69, 9.17) is 5.26 Å². The summed E-state index contributed by atoms with van der Waals surface area (Å²) in [5, 5.41) is 23.2. The lowest BCUT2D eigenvalue weighted by Gasteiger charge is -2.26. The summed E-state index contributed by atoms with van der Waals surface area (Å²) >= 11 is 1.03. The summed E-state index contributed by atoms with van der Waals surface area (Å²) in [6.07, 6.45) is 1.48. The van der Waals surface area contributed by atoms with Crippen LogP contribution in [0.2, 0.25) is 0 Å². The van der Waals surface area contributed by atoms with Crippen LogP contribution in [0.15, 0.2) is 40.8 Å². The number of nitriles is 2. The van der Waals surface area contributed by atoms with Crippen LogP contribution in [0.1, 0.15) is 27.7 Å². The molecule has 0 aliphatic rings. The van der Waals surface area contributed by atoms with Gasteiger partial charge < -0.3 is 15.5 Å². The molecule has 1 aromatic heterocycles. The van der Waals surface area contributed by atoms with Crippen molar-refractivity contribution in [2.45, 2.75) is 34.2 Å². The minimum absolute atomic E-state index is 0.0228. The van der Waals surface area contributed by atoms with Crippen LogP contribution in [0, 0.1) is 28.1 Å². The Morgan fingerprint density at radius 1 is 1.26 bits per heavy atom. The quantitative estimate of drug-likeness (QED) is 0.358. The molecule has 0 unspecified atom stereocenters. The minimum Gasteiger partial charge on any atom is -0.355 e. The van der Waals surface area contributed by atoms with Crippen molar-refractivity contribution in [3.63, 3.8) is 0 Å². The number of anilines is 2. The number of aromatic nitrogens is 1. The van der Waals surface area contributed by atoms with Crippen LogP contribution in [0.3, 0.4) is 0 Å².